The van der Waals surface area contributed by atoms with Gasteiger partial charge in [0.1, 0.15) is 6.26 Å². The van der Waals surface area contributed by atoms with Gasteiger partial charge >= 0.3 is 5.91 Å². The Hall–Kier alpha value is -3.32. The number of anilines is 1. The second-order valence-corrected chi connectivity index (χ2v) is 5.70. The van der Waals surface area contributed by atoms with Crippen LogP contribution in [0.3, 0.4) is 0 Å². The molecule has 0 unspecified atom stereocenters. The first-order valence-electron chi connectivity index (χ1n) is 7.54. The number of hydrogen-bond acceptors (Lipinski definition) is 6. The van der Waals surface area contributed by atoms with E-state index >= 15 is 0 Å². The zero-order valence-electron chi connectivity index (χ0n) is 13.1. The van der Waals surface area contributed by atoms with E-state index in [1.807, 2.05) is 6.92 Å². The van der Waals surface area contributed by atoms with Gasteiger partial charge in [0.15, 0.2) is 6.19 Å². The molecule has 1 aromatic carbocycles. The number of nitrogens with zero attached hydrogens (tertiary/aromatic N) is 4. The summed E-state index contributed by atoms with van der Waals surface area (Å²) in [5.74, 6) is -0.517. The highest BCUT2D eigenvalue weighted by molar-refractivity contribution is 6.01. The van der Waals surface area contributed by atoms with Crippen LogP contribution in [0.25, 0.3) is 0 Å². The van der Waals surface area contributed by atoms with E-state index in [9.17, 15) is 15.3 Å². The Balaban J connectivity index is 1.95. The fourth-order valence-corrected chi connectivity index (χ4v) is 3.10. The summed E-state index contributed by atoms with van der Waals surface area (Å²) in [4.78, 5) is 17.7. The molecule has 1 saturated heterocycles. The van der Waals surface area contributed by atoms with Gasteiger partial charge in [-0.05, 0) is 31.0 Å². The van der Waals surface area contributed by atoms with E-state index in [0.717, 1.165) is 12.0 Å². The normalized spacial score (nSPS) is 19.5. The maximum Gasteiger partial charge on any atom is 0.311 e. The van der Waals surface area contributed by atoms with Gasteiger partial charge in [-0.15, -0.1) is 0 Å². The molecule has 120 valence electrons. The van der Waals surface area contributed by atoms with Crippen molar-refractivity contribution < 1.29 is 9.21 Å². The largest absolute Gasteiger partial charge is 0.441 e. The number of carbonyl (C=O) groups is 1. The van der Waals surface area contributed by atoms with Crippen molar-refractivity contribution in [3.8, 4) is 12.3 Å². The van der Waals surface area contributed by atoms with Crippen molar-refractivity contribution in [1.29, 1.82) is 10.5 Å². The molecule has 3 rings (SSSR count). The van der Waals surface area contributed by atoms with E-state index < -0.39 is 5.91 Å². The van der Waals surface area contributed by atoms with Crippen molar-refractivity contribution in [1.82, 2.24) is 9.88 Å². The highest BCUT2D eigenvalue weighted by atomic mass is 16.3. The van der Waals surface area contributed by atoms with Crippen LogP contribution in [0.4, 0.5) is 5.69 Å². The predicted octanol–water partition coefficient (Wildman–Crippen LogP) is 2.46. The minimum absolute atomic E-state index is 0.00430. The van der Waals surface area contributed by atoms with E-state index in [1.165, 1.54) is 12.5 Å². The smallest absolute Gasteiger partial charge is 0.311 e. The SMILES string of the molecule is C[C@@H]1C[C@H](c2c(C#N)cccc2NC(=O)c2ncco2)CN1C#N. The van der Waals surface area contributed by atoms with Gasteiger partial charge in [-0.2, -0.15) is 10.5 Å². The molecule has 1 aliphatic rings. The zero-order chi connectivity index (χ0) is 17.1. The molecule has 0 saturated carbocycles. The van der Waals surface area contributed by atoms with Gasteiger partial charge in [-0.3, -0.25) is 4.79 Å². The van der Waals surface area contributed by atoms with Crippen LogP contribution in [-0.2, 0) is 0 Å². The lowest BCUT2D eigenvalue weighted by atomic mass is 9.91. The van der Waals surface area contributed by atoms with Crippen molar-refractivity contribution in [3.63, 3.8) is 0 Å². The second kappa shape index (κ2) is 6.43. The average molecular weight is 321 g/mol. The lowest BCUT2D eigenvalue weighted by molar-refractivity contribution is 0.0990. The Morgan fingerprint density at radius 1 is 1.46 bits per heavy atom. The van der Waals surface area contributed by atoms with Crippen LogP contribution in [0.15, 0.2) is 35.1 Å². The number of amides is 1. The highest BCUT2D eigenvalue weighted by Crippen LogP contribution is 2.37. The summed E-state index contributed by atoms with van der Waals surface area (Å²) in [6.45, 7) is 2.50. The van der Waals surface area contributed by atoms with Crippen molar-refractivity contribution in [2.75, 3.05) is 11.9 Å². The third-order valence-corrected chi connectivity index (χ3v) is 4.21. The van der Waals surface area contributed by atoms with E-state index in [4.69, 9.17) is 4.42 Å². The van der Waals surface area contributed by atoms with Crippen molar-refractivity contribution >= 4 is 11.6 Å². The van der Waals surface area contributed by atoms with Gasteiger partial charge in [0.25, 0.3) is 5.89 Å². The average Bonchev–Trinajstić information content (AvgIpc) is 3.24. The van der Waals surface area contributed by atoms with E-state index in [2.05, 4.69) is 22.6 Å². The fourth-order valence-electron chi connectivity index (χ4n) is 3.10. The summed E-state index contributed by atoms with van der Waals surface area (Å²) in [5, 5.41) is 21.4. The molecule has 24 heavy (non-hydrogen) atoms. The van der Waals surface area contributed by atoms with Gasteiger partial charge in [-0.25, -0.2) is 4.98 Å². The molecular formula is C17H15N5O2. The summed E-state index contributed by atoms with van der Waals surface area (Å²) in [7, 11) is 0. The molecule has 1 fully saturated rings. The summed E-state index contributed by atoms with van der Waals surface area (Å²) >= 11 is 0. The van der Waals surface area contributed by atoms with Crippen molar-refractivity contribution in [2.24, 2.45) is 0 Å². The van der Waals surface area contributed by atoms with Gasteiger partial charge in [-0.1, -0.05) is 6.07 Å². The first-order valence-corrected chi connectivity index (χ1v) is 7.54. The number of hydrogen-bond donors (Lipinski definition) is 1. The number of carbonyl (C=O) groups excluding carboxylic acids is 1. The summed E-state index contributed by atoms with van der Waals surface area (Å²) in [6.07, 6.45) is 5.63. The fraction of sp³-hybridized carbons (Fsp3) is 0.294. The Bertz CT molecular complexity index is 832. The number of nitrogens with one attached hydrogen (secondary N) is 1. The molecule has 1 aliphatic heterocycles. The van der Waals surface area contributed by atoms with Gasteiger partial charge < -0.3 is 14.6 Å². The molecule has 0 aliphatic carbocycles. The minimum Gasteiger partial charge on any atom is -0.441 e. The highest BCUT2D eigenvalue weighted by Gasteiger charge is 2.32. The number of nitriles is 2. The number of benzene rings is 1. The van der Waals surface area contributed by atoms with Crippen LogP contribution in [0, 0.1) is 22.8 Å². The first kappa shape index (κ1) is 15.6. The van der Waals surface area contributed by atoms with Crippen LogP contribution in [0.1, 0.15) is 41.1 Å². The third-order valence-electron chi connectivity index (χ3n) is 4.21. The number of oxazole rings is 1. The predicted molar refractivity (Wildman–Crippen MR) is 84.8 cm³/mol. The molecule has 0 bridgehead atoms. The molecule has 7 heteroatoms. The quantitative estimate of drug-likeness (QED) is 0.870. The molecule has 7 nitrogen and oxygen atoms in total. The maximum atomic E-state index is 12.2. The Morgan fingerprint density at radius 2 is 2.29 bits per heavy atom. The second-order valence-electron chi connectivity index (χ2n) is 5.70. The molecular weight excluding hydrogens is 306 g/mol. The Kier molecular flexibility index (Phi) is 4.17. The molecule has 0 spiro atoms. The molecule has 2 aromatic rings. The standard InChI is InChI=1S/C17H15N5O2/c1-11-7-13(9-22(11)10-19)15-12(8-18)3-2-4-14(15)21-16(23)17-20-5-6-24-17/h2-6,11,13H,7,9H2,1H3,(H,21,23)/t11-,13+/m1/s1. The van der Waals surface area contributed by atoms with Gasteiger partial charge in [0.2, 0.25) is 0 Å². The van der Waals surface area contributed by atoms with Crippen LogP contribution in [-0.4, -0.2) is 28.4 Å². The van der Waals surface area contributed by atoms with Gasteiger partial charge in [0, 0.05) is 24.2 Å². The lowest BCUT2D eigenvalue weighted by Gasteiger charge is -2.17. The Labute approximate surface area is 139 Å². The molecule has 1 amide bonds. The topological polar surface area (TPSA) is 106 Å². The number of aromatic nitrogens is 1. The Morgan fingerprint density at radius 3 is 2.92 bits per heavy atom. The van der Waals surface area contributed by atoms with E-state index in [0.29, 0.717) is 17.8 Å². The molecule has 1 aromatic heterocycles. The van der Waals surface area contributed by atoms with Crippen LogP contribution in [0.2, 0.25) is 0 Å². The monoisotopic (exact) mass is 321 g/mol. The molecule has 2 atom stereocenters. The summed E-state index contributed by atoms with van der Waals surface area (Å²) < 4.78 is 5.00. The van der Waals surface area contributed by atoms with Crippen LogP contribution in [0.5, 0.6) is 0 Å². The minimum atomic E-state index is -0.473. The van der Waals surface area contributed by atoms with Gasteiger partial charge in [0.05, 0.1) is 17.8 Å². The lowest BCUT2D eigenvalue weighted by Crippen LogP contribution is -2.21. The third kappa shape index (κ3) is 2.80. The first-order chi connectivity index (χ1) is 11.6. The van der Waals surface area contributed by atoms with E-state index in [1.54, 1.807) is 23.1 Å². The van der Waals surface area contributed by atoms with E-state index in [-0.39, 0.29) is 17.9 Å². The molecule has 1 N–H and O–H groups in total. The van der Waals surface area contributed by atoms with Crippen molar-refractivity contribution in [2.45, 2.75) is 25.3 Å². The van der Waals surface area contributed by atoms with Crippen molar-refractivity contribution in [3.05, 3.63) is 47.7 Å². The summed E-state index contributed by atoms with van der Waals surface area (Å²) in [5.41, 5.74) is 1.80. The maximum absolute atomic E-state index is 12.2. The molecule has 0 radical (unpaired) electrons. The number of likely N-dealkylation sites (tertiary alicyclic amines) is 1. The zero-order valence-corrected chi connectivity index (χ0v) is 13.1. The number of rotatable bonds is 3. The molecule has 2 heterocycles. The van der Waals surface area contributed by atoms with Crippen LogP contribution >= 0.6 is 0 Å². The summed E-state index contributed by atoms with van der Waals surface area (Å²) in [6, 6.07) is 7.46. The van der Waals surface area contributed by atoms with Crippen LogP contribution < -0.4 is 5.32 Å².